The molecule has 0 atom stereocenters. The van der Waals surface area contributed by atoms with Crippen LogP contribution >= 0.6 is 22.6 Å². The third kappa shape index (κ3) is 1.82. The number of rotatable bonds is 2. The summed E-state index contributed by atoms with van der Waals surface area (Å²) >= 11 is 1.99. The van der Waals surface area contributed by atoms with Gasteiger partial charge in [-0.1, -0.05) is 0 Å². The first-order valence-corrected chi connectivity index (χ1v) is 5.54. The van der Waals surface area contributed by atoms with Gasteiger partial charge in [0.15, 0.2) is 0 Å². The van der Waals surface area contributed by atoms with Crippen molar-refractivity contribution in [2.24, 2.45) is 0 Å². The van der Waals surface area contributed by atoms with Gasteiger partial charge in [-0.25, -0.2) is 4.98 Å². The van der Waals surface area contributed by atoms with E-state index in [1.54, 1.807) is 13.1 Å². The van der Waals surface area contributed by atoms with E-state index in [2.05, 4.69) is 9.97 Å². The Hall–Kier alpha value is -1.38. The van der Waals surface area contributed by atoms with Crippen molar-refractivity contribution < 1.29 is 9.90 Å². The van der Waals surface area contributed by atoms with E-state index < -0.39 is 5.97 Å². The molecule has 16 heavy (non-hydrogen) atoms. The van der Waals surface area contributed by atoms with Crippen LogP contribution in [0.15, 0.2) is 11.0 Å². The van der Waals surface area contributed by atoms with Gasteiger partial charge in [-0.05, 0) is 29.5 Å². The van der Waals surface area contributed by atoms with Gasteiger partial charge in [0.1, 0.15) is 18.0 Å². The first kappa shape index (κ1) is 11.1. The van der Waals surface area contributed by atoms with Gasteiger partial charge in [0.05, 0.1) is 5.39 Å². The van der Waals surface area contributed by atoms with E-state index in [1.807, 2.05) is 22.6 Å². The zero-order valence-corrected chi connectivity index (χ0v) is 10.5. The van der Waals surface area contributed by atoms with Crippen LogP contribution in [0.5, 0.6) is 0 Å². The van der Waals surface area contributed by atoms with Gasteiger partial charge >= 0.3 is 5.97 Å². The maximum Gasteiger partial charge on any atom is 0.323 e. The number of carboxylic acid groups (broad SMARTS) is 1. The number of carbonyl (C=O) groups is 1. The number of nitrogens with zero attached hydrogens (tertiary/aromatic N) is 2. The number of aromatic nitrogens is 3. The number of aromatic amines is 1. The number of fused-ring (bicyclic) bond motifs is 1. The normalized spacial score (nSPS) is 10.9. The quantitative estimate of drug-likeness (QED) is 0.793. The van der Waals surface area contributed by atoms with Gasteiger partial charge in [0, 0.05) is 9.77 Å². The lowest BCUT2D eigenvalue weighted by Crippen LogP contribution is -2.13. The molecule has 0 fully saturated rings. The largest absolute Gasteiger partial charge is 0.480 e. The molecule has 7 heteroatoms. The highest BCUT2D eigenvalue weighted by Gasteiger charge is 2.13. The SMILES string of the molecule is Cc1nc2c(c(I)cn2CC(=O)O)c(=O)[nH]1. The van der Waals surface area contributed by atoms with Crippen molar-refractivity contribution in [3.8, 4) is 0 Å². The van der Waals surface area contributed by atoms with Crippen LogP contribution in [0.1, 0.15) is 5.82 Å². The summed E-state index contributed by atoms with van der Waals surface area (Å²) in [4.78, 5) is 29.1. The lowest BCUT2D eigenvalue weighted by Gasteiger charge is -2.00. The predicted octanol–water partition coefficient (Wildman–Crippen LogP) is 0.722. The summed E-state index contributed by atoms with van der Waals surface area (Å²) in [5, 5.41) is 9.17. The van der Waals surface area contributed by atoms with Crippen LogP contribution in [0.2, 0.25) is 0 Å². The molecule has 0 amide bonds. The van der Waals surface area contributed by atoms with E-state index in [9.17, 15) is 9.59 Å². The fourth-order valence-corrected chi connectivity index (χ4v) is 2.35. The molecular formula is C9H8IN3O3. The van der Waals surface area contributed by atoms with Gasteiger partial charge in [-0.2, -0.15) is 0 Å². The molecule has 2 heterocycles. The van der Waals surface area contributed by atoms with E-state index >= 15 is 0 Å². The summed E-state index contributed by atoms with van der Waals surface area (Å²) in [5.41, 5.74) is 0.170. The Morgan fingerprint density at radius 2 is 2.38 bits per heavy atom. The smallest absolute Gasteiger partial charge is 0.323 e. The molecule has 0 bridgehead atoms. The second-order valence-corrected chi connectivity index (χ2v) is 4.51. The van der Waals surface area contributed by atoms with Crippen LogP contribution in [0, 0.1) is 10.5 Å². The Labute approximate surface area is 103 Å². The monoisotopic (exact) mass is 333 g/mol. The first-order valence-electron chi connectivity index (χ1n) is 4.46. The molecule has 2 rings (SSSR count). The number of hydrogen-bond acceptors (Lipinski definition) is 3. The summed E-state index contributed by atoms with van der Waals surface area (Å²) < 4.78 is 2.16. The molecule has 0 radical (unpaired) electrons. The number of aryl methyl sites for hydroxylation is 1. The molecule has 0 aliphatic rings. The average Bonchev–Trinajstić information content (AvgIpc) is 2.41. The predicted molar refractivity (Wildman–Crippen MR) is 65.4 cm³/mol. The fourth-order valence-electron chi connectivity index (χ4n) is 1.52. The number of nitrogens with one attached hydrogen (secondary N) is 1. The molecule has 0 saturated carbocycles. The van der Waals surface area contributed by atoms with Crippen LogP contribution in [0.4, 0.5) is 0 Å². The van der Waals surface area contributed by atoms with Crippen molar-refractivity contribution in [3.05, 3.63) is 25.9 Å². The molecule has 2 N–H and O–H groups in total. The van der Waals surface area contributed by atoms with Crippen LogP contribution in [-0.2, 0) is 11.3 Å². The highest BCUT2D eigenvalue weighted by Crippen LogP contribution is 2.17. The summed E-state index contributed by atoms with van der Waals surface area (Å²) in [6.45, 7) is 1.46. The molecule has 2 aromatic rings. The Morgan fingerprint density at radius 1 is 1.69 bits per heavy atom. The Kier molecular flexibility index (Phi) is 2.70. The van der Waals surface area contributed by atoms with Crippen LogP contribution < -0.4 is 5.56 Å². The first-order chi connectivity index (χ1) is 7.49. The topological polar surface area (TPSA) is 88.0 Å². The van der Waals surface area contributed by atoms with E-state index in [1.165, 1.54) is 4.57 Å². The summed E-state index contributed by atoms with van der Waals surface area (Å²) in [7, 11) is 0. The lowest BCUT2D eigenvalue weighted by atomic mass is 10.4. The maximum atomic E-state index is 11.7. The van der Waals surface area contributed by atoms with E-state index in [4.69, 9.17) is 5.11 Å². The van der Waals surface area contributed by atoms with Crippen molar-refractivity contribution in [1.29, 1.82) is 0 Å². The Balaban J connectivity index is 2.78. The van der Waals surface area contributed by atoms with Gasteiger partial charge in [-0.15, -0.1) is 0 Å². The van der Waals surface area contributed by atoms with Crippen molar-refractivity contribution in [2.75, 3.05) is 0 Å². The minimum atomic E-state index is -0.965. The molecule has 0 aliphatic carbocycles. The zero-order chi connectivity index (χ0) is 11.9. The Bertz CT molecular complexity index is 629. The Morgan fingerprint density at radius 3 is 3.00 bits per heavy atom. The number of halogens is 1. The van der Waals surface area contributed by atoms with Crippen LogP contribution in [0.3, 0.4) is 0 Å². The molecule has 0 aromatic carbocycles. The minimum absolute atomic E-state index is 0.199. The highest BCUT2D eigenvalue weighted by atomic mass is 127. The van der Waals surface area contributed by atoms with E-state index in [-0.39, 0.29) is 12.1 Å². The second kappa shape index (κ2) is 3.89. The fraction of sp³-hybridized carbons (Fsp3) is 0.222. The molecule has 0 aliphatic heterocycles. The molecule has 84 valence electrons. The van der Waals surface area contributed by atoms with Gasteiger partial charge in [0.2, 0.25) is 0 Å². The zero-order valence-electron chi connectivity index (χ0n) is 8.32. The summed E-state index contributed by atoms with van der Waals surface area (Å²) in [6, 6.07) is 0. The third-order valence-electron chi connectivity index (χ3n) is 2.10. The molecule has 0 spiro atoms. The van der Waals surface area contributed by atoms with Crippen molar-refractivity contribution in [2.45, 2.75) is 13.5 Å². The van der Waals surface area contributed by atoms with Crippen LogP contribution in [-0.4, -0.2) is 25.6 Å². The molecule has 2 aromatic heterocycles. The summed E-state index contributed by atoms with van der Waals surface area (Å²) in [5.74, 6) is -0.494. The molecule has 0 saturated heterocycles. The highest BCUT2D eigenvalue weighted by molar-refractivity contribution is 14.1. The number of H-pyrrole nitrogens is 1. The minimum Gasteiger partial charge on any atom is -0.480 e. The molecule has 6 nitrogen and oxygen atoms in total. The average molecular weight is 333 g/mol. The van der Waals surface area contributed by atoms with Crippen LogP contribution in [0.25, 0.3) is 11.0 Å². The second-order valence-electron chi connectivity index (χ2n) is 3.35. The van der Waals surface area contributed by atoms with Gasteiger partial charge in [-0.3, -0.25) is 9.59 Å². The van der Waals surface area contributed by atoms with Crippen molar-refractivity contribution in [1.82, 2.24) is 14.5 Å². The molecular weight excluding hydrogens is 325 g/mol. The standard InChI is InChI=1S/C9H8IN3O3/c1-4-11-8-7(9(16)12-4)5(10)2-13(8)3-6(14)15/h2H,3H2,1H3,(H,14,15)(H,11,12,16). The number of carboxylic acids is 1. The lowest BCUT2D eigenvalue weighted by molar-refractivity contribution is -0.137. The maximum absolute atomic E-state index is 11.7. The number of hydrogen-bond donors (Lipinski definition) is 2. The van der Waals surface area contributed by atoms with E-state index in [0.29, 0.717) is 20.4 Å². The number of aliphatic carboxylic acids is 1. The third-order valence-corrected chi connectivity index (χ3v) is 2.92. The van der Waals surface area contributed by atoms with Crippen molar-refractivity contribution >= 4 is 39.6 Å². The summed E-state index contributed by atoms with van der Waals surface area (Å²) in [6.07, 6.45) is 1.61. The molecule has 0 unspecified atom stereocenters. The van der Waals surface area contributed by atoms with Gasteiger partial charge < -0.3 is 14.7 Å². The van der Waals surface area contributed by atoms with E-state index in [0.717, 1.165) is 0 Å². The van der Waals surface area contributed by atoms with Gasteiger partial charge in [0.25, 0.3) is 5.56 Å². The van der Waals surface area contributed by atoms with Crippen molar-refractivity contribution in [3.63, 3.8) is 0 Å².